The van der Waals surface area contributed by atoms with Crippen molar-refractivity contribution in [1.29, 1.82) is 0 Å². The largest absolute Gasteiger partial charge is 0.329 e. The minimum atomic E-state index is -3.67. The number of hydrogen-bond acceptors (Lipinski definition) is 3. The van der Waals surface area contributed by atoms with Gasteiger partial charge in [0, 0.05) is 12.6 Å². The van der Waals surface area contributed by atoms with Gasteiger partial charge in [-0.2, -0.15) is 0 Å². The lowest BCUT2D eigenvalue weighted by atomic mass is 10.2. The molecule has 20 heavy (non-hydrogen) atoms. The van der Waals surface area contributed by atoms with Crippen LogP contribution in [0.1, 0.15) is 18.4 Å². The molecule has 0 spiro atoms. The first kappa shape index (κ1) is 17.8. The number of sulfonamides is 1. The number of aryl methyl sites for hydroxylation is 1. The Labute approximate surface area is 132 Å². The van der Waals surface area contributed by atoms with Gasteiger partial charge in [-0.3, -0.25) is 0 Å². The van der Waals surface area contributed by atoms with Crippen LogP contribution >= 0.6 is 28.3 Å². The molecule has 0 radical (unpaired) electrons. The van der Waals surface area contributed by atoms with Crippen LogP contribution in [0, 0.1) is 18.7 Å². The zero-order valence-corrected chi connectivity index (χ0v) is 14.1. The first-order valence-electron chi connectivity index (χ1n) is 6.03. The lowest BCUT2D eigenvalue weighted by molar-refractivity contribution is 0.518. The normalized spacial score (nSPS) is 16.6. The molecule has 4 nitrogen and oxygen atoms in total. The SMILES string of the molecule is Cc1cc(F)c(Br)cc1S(=O)(=O)NC(CN)C1CC1.Cl. The highest BCUT2D eigenvalue weighted by molar-refractivity contribution is 9.10. The third kappa shape index (κ3) is 3.92. The van der Waals surface area contributed by atoms with Crippen molar-refractivity contribution in [2.45, 2.75) is 30.7 Å². The van der Waals surface area contributed by atoms with E-state index in [1.807, 2.05) is 0 Å². The van der Waals surface area contributed by atoms with Crippen molar-refractivity contribution in [2.75, 3.05) is 6.54 Å². The number of nitrogens with one attached hydrogen (secondary N) is 1. The molecule has 8 heteroatoms. The Morgan fingerprint density at radius 2 is 2.10 bits per heavy atom. The van der Waals surface area contributed by atoms with E-state index in [1.165, 1.54) is 12.1 Å². The second kappa shape index (κ2) is 6.70. The number of benzene rings is 1. The molecule has 1 atom stereocenters. The molecular weight excluding hydrogens is 371 g/mol. The summed E-state index contributed by atoms with van der Waals surface area (Å²) in [6.45, 7) is 1.84. The van der Waals surface area contributed by atoms with E-state index in [0.717, 1.165) is 12.8 Å². The van der Waals surface area contributed by atoms with Crippen LogP contribution in [0.2, 0.25) is 0 Å². The molecule has 0 aliphatic heterocycles. The molecule has 1 aromatic carbocycles. The fraction of sp³-hybridized carbons (Fsp3) is 0.500. The number of halogens is 3. The molecule has 0 amide bonds. The van der Waals surface area contributed by atoms with Crippen molar-refractivity contribution >= 4 is 38.4 Å². The highest BCUT2D eigenvalue weighted by atomic mass is 79.9. The lowest BCUT2D eigenvalue weighted by Crippen LogP contribution is -2.41. The molecule has 1 fully saturated rings. The smallest absolute Gasteiger partial charge is 0.241 e. The molecule has 0 bridgehead atoms. The Hall–Kier alpha value is -0.210. The molecule has 2 rings (SSSR count). The first-order chi connectivity index (χ1) is 8.85. The van der Waals surface area contributed by atoms with Crippen molar-refractivity contribution in [3.63, 3.8) is 0 Å². The van der Waals surface area contributed by atoms with Gasteiger partial charge in [-0.15, -0.1) is 12.4 Å². The van der Waals surface area contributed by atoms with E-state index in [9.17, 15) is 12.8 Å². The molecule has 1 unspecified atom stereocenters. The van der Waals surface area contributed by atoms with Gasteiger partial charge in [0.25, 0.3) is 0 Å². The summed E-state index contributed by atoms with van der Waals surface area (Å²) in [5, 5.41) is 0. The predicted octanol–water partition coefficient (Wildman–Crippen LogP) is 2.33. The summed E-state index contributed by atoms with van der Waals surface area (Å²) in [6.07, 6.45) is 1.99. The first-order valence-corrected chi connectivity index (χ1v) is 8.31. The van der Waals surface area contributed by atoms with Gasteiger partial charge >= 0.3 is 0 Å². The fourth-order valence-corrected chi connectivity index (χ4v) is 4.08. The quantitative estimate of drug-likeness (QED) is 0.814. The molecule has 0 heterocycles. The van der Waals surface area contributed by atoms with E-state index in [-0.39, 0.29) is 34.4 Å². The molecule has 0 aromatic heterocycles. The summed E-state index contributed by atoms with van der Waals surface area (Å²) >= 11 is 3.01. The van der Waals surface area contributed by atoms with E-state index in [1.54, 1.807) is 6.92 Å². The molecule has 114 valence electrons. The molecule has 0 saturated heterocycles. The van der Waals surface area contributed by atoms with E-state index < -0.39 is 15.8 Å². The van der Waals surface area contributed by atoms with Crippen molar-refractivity contribution in [3.05, 3.63) is 28.0 Å². The highest BCUT2D eigenvalue weighted by Gasteiger charge is 2.33. The summed E-state index contributed by atoms with van der Waals surface area (Å²) in [7, 11) is -3.67. The average Bonchev–Trinajstić information content (AvgIpc) is 3.14. The molecule has 1 saturated carbocycles. The summed E-state index contributed by atoms with van der Waals surface area (Å²) in [4.78, 5) is 0.0832. The summed E-state index contributed by atoms with van der Waals surface area (Å²) in [5.41, 5.74) is 5.97. The monoisotopic (exact) mass is 386 g/mol. The van der Waals surface area contributed by atoms with Gasteiger partial charge in [-0.25, -0.2) is 17.5 Å². The third-order valence-corrected chi connectivity index (χ3v) is 5.50. The van der Waals surface area contributed by atoms with E-state index in [4.69, 9.17) is 5.73 Å². The summed E-state index contributed by atoms with van der Waals surface area (Å²) < 4.78 is 40.7. The molecular formula is C12H17BrClFN2O2S. The maximum atomic E-state index is 13.3. The topological polar surface area (TPSA) is 72.2 Å². The molecule has 1 aliphatic rings. The minimum Gasteiger partial charge on any atom is -0.329 e. The van der Waals surface area contributed by atoms with E-state index >= 15 is 0 Å². The van der Waals surface area contributed by atoms with Crippen LogP contribution in [0.3, 0.4) is 0 Å². The average molecular weight is 388 g/mol. The number of hydrogen-bond donors (Lipinski definition) is 2. The van der Waals surface area contributed by atoms with Gasteiger partial charge in [0.05, 0.1) is 9.37 Å². The third-order valence-electron chi connectivity index (χ3n) is 3.26. The Kier molecular flexibility index (Phi) is 5.98. The second-order valence-electron chi connectivity index (χ2n) is 4.83. The van der Waals surface area contributed by atoms with Crippen LogP contribution in [-0.2, 0) is 10.0 Å². The van der Waals surface area contributed by atoms with E-state index in [2.05, 4.69) is 20.7 Å². The Bertz CT molecular complexity index is 593. The van der Waals surface area contributed by atoms with Crippen LogP contribution in [0.25, 0.3) is 0 Å². The number of nitrogens with two attached hydrogens (primary N) is 1. The lowest BCUT2D eigenvalue weighted by Gasteiger charge is -2.17. The summed E-state index contributed by atoms with van der Waals surface area (Å²) in [5.74, 6) is -0.155. The predicted molar refractivity (Wildman–Crippen MR) is 82.0 cm³/mol. The van der Waals surface area contributed by atoms with Crippen LogP contribution in [0.15, 0.2) is 21.5 Å². The van der Waals surface area contributed by atoms with Gasteiger partial charge < -0.3 is 5.73 Å². The van der Waals surface area contributed by atoms with Crippen LogP contribution in [0.5, 0.6) is 0 Å². The highest BCUT2D eigenvalue weighted by Crippen LogP contribution is 2.33. The zero-order chi connectivity index (χ0) is 14.2. The van der Waals surface area contributed by atoms with Crippen molar-refractivity contribution in [2.24, 2.45) is 11.7 Å². The Morgan fingerprint density at radius 3 is 2.60 bits per heavy atom. The molecule has 3 N–H and O–H groups in total. The Balaban J connectivity index is 0.00000200. The molecule has 1 aliphatic carbocycles. The van der Waals surface area contributed by atoms with Gasteiger partial charge in [0.1, 0.15) is 5.82 Å². The number of rotatable bonds is 5. The van der Waals surface area contributed by atoms with Crippen molar-refractivity contribution in [3.8, 4) is 0 Å². The standard InChI is InChI=1S/C12H16BrFN2O2S.ClH/c1-7-4-10(14)9(13)5-12(7)19(17,18)16-11(6-15)8-2-3-8;/h4-5,8,11,16H,2-3,6,15H2,1H3;1H. The van der Waals surface area contributed by atoms with Crippen molar-refractivity contribution < 1.29 is 12.8 Å². The summed E-state index contributed by atoms with van der Waals surface area (Å²) in [6, 6.07) is 2.24. The zero-order valence-electron chi connectivity index (χ0n) is 10.9. The van der Waals surface area contributed by atoms with E-state index in [0.29, 0.717) is 11.5 Å². The fourth-order valence-electron chi connectivity index (χ4n) is 2.02. The maximum Gasteiger partial charge on any atom is 0.241 e. The maximum absolute atomic E-state index is 13.3. The van der Waals surface area contributed by atoms with Crippen LogP contribution < -0.4 is 10.5 Å². The van der Waals surface area contributed by atoms with Gasteiger partial charge in [-0.05, 0) is 59.3 Å². The Morgan fingerprint density at radius 1 is 1.50 bits per heavy atom. The second-order valence-corrected chi connectivity index (χ2v) is 7.37. The van der Waals surface area contributed by atoms with Crippen LogP contribution in [0.4, 0.5) is 4.39 Å². The molecule has 1 aromatic rings. The minimum absolute atomic E-state index is 0. The van der Waals surface area contributed by atoms with Crippen molar-refractivity contribution in [1.82, 2.24) is 4.72 Å². The van der Waals surface area contributed by atoms with Crippen LogP contribution in [-0.4, -0.2) is 21.0 Å². The van der Waals surface area contributed by atoms with Gasteiger partial charge in [0.15, 0.2) is 0 Å². The van der Waals surface area contributed by atoms with Gasteiger partial charge in [0.2, 0.25) is 10.0 Å². The van der Waals surface area contributed by atoms with Gasteiger partial charge in [-0.1, -0.05) is 0 Å².